The van der Waals surface area contributed by atoms with Crippen molar-refractivity contribution in [2.45, 2.75) is 0 Å². The van der Waals surface area contributed by atoms with E-state index in [4.69, 9.17) is 0 Å². The Kier molecular flexibility index (Phi) is 176. The molecule has 0 nitrogen and oxygen atoms in total. The Bertz CT molecular complexity index is 11.6. The van der Waals surface area contributed by atoms with E-state index >= 15 is 0 Å². The van der Waals surface area contributed by atoms with Gasteiger partial charge in [-0.3, -0.25) is 0 Å². The van der Waals surface area contributed by atoms with Crippen LogP contribution >= 0.6 is 0 Å². The minimum Gasteiger partial charge on any atom is 0 e. The van der Waals surface area contributed by atoms with Crippen molar-refractivity contribution in [3.8, 4) is 0 Å². The van der Waals surface area contributed by atoms with E-state index in [0.717, 1.165) is 0 Å². The molecule has 0 unspecified atom stereocenters. The summed E-state index contributed by atoms with van der Waals surface area (Å²) in [5.74, 6) is 0. The summed E-state index contributed by atoms with van der Waals surface area (Å²) in [6, 6.07) is 0. The molecule has 5 heteroatoms. The maximum Gasteiger partial charge on any atom is 0 e. The summed E-state index contributed by atoms with van der Waals surface area (Å²) in [5, 5.41) is 0. The maximum atomic E-state index is 2.01. The van der Waals surface area contributed by atoms with Gasteiger partial charge in [0.05, 0.1) is 0 Å². The van der Waals surface area contributed by atoms with E-state index in [-0.39, 0.29) is 51.5 Å². The molecule has 1 radical (unpaired) electrons. The molecule has 0 aliphatic carbocycles. The molecule has 0 aliphatic heterocycles. The monoisotopic (exact) mass is 274 g/mol. The molecule has 0 atom stereocenters. The van der Waals surface area contributed by atoms with Gasteiger partial charge in [0.25, 0.3) is 0 Å². The van der Waals surface area contributed by atoms with Crippen LogP contribution in [0.3, 0.4) is 0 Å². The van der Waals surface area contributed by atoms with E-state index in [0.29, 0.717) is 0 Å². The average Bonchev–Trinajstić information content (AvgIpc) is 1.00. The van der Waals surface area contributed by atoms with Crippen molar-refractivity contribution in [1.29, 1.82) is 0 Å². The quantitative estimate of drug-likeness (QED) is 0.500. The largest absolute Gasteiger partial charge is 0 e. The summed E-state index contributed by atoms with van der Waals surface area (Å²) in [7, 11) is 0. The Morgan fingerprint density at radius 2 is 1.20 bits per heavy atom. The Labute approximate surface area is 76.4 Å². The first kappa shape index (κ1) is 26.5. The third-order valence-electron chi connectivity index (χ3n) is 0. The summed E-state index contributed by atoms with van der Waals surface area (Å²) in [6.45, 7) is 0. The van der Waals surface area contributed by atoms with Gasteiger partial charge >= 0.3 is 25.7 Å². The van der Waals surface area contributed by atoms with E-state index in [1.54, 1.807) is 0 Å². The van der Waals surface area contributed by atoms with E-state index in [9.17, 15) is 0 Å². The number of rotatable bonds is 0. The number of hydrogen-bond acceptors (Lipinski definition) is 0. The average molecular weight is 272 g/mol. The Morgan fingerprint density at radius 3 is 1.20 bits per heavy atom. The van der Waals surface area contributed by atoms with Crippen molar-refractivity contribution in [3.63, 3.8) is 0 Å². The van der Waals surface area contributed by atoms with Crippen LogP contribution in [0.4, 0.5) is 0 Å². The van der Waals surface area contributed by atoms with Crippen molar-refractivity contribution in [2.24, 2.45) is 0 Å². The summed E-state index contributed by atoms with van der Waals surface area (Å²) in [6.07, 6.45) is 2.01. The van der Waals surface area contributed by atoms with Gasteiger partial charge in [0.15, 0.2) is 0 Å². The predicted octanol–water partition coefficient (Wildman–Crippen LogP) is -0.926. The molecule has 0 rings (SSSR count). The van der Waals surface area contributed by atoms with Crippen molar-refractivity contribution in [1.82, 2.24) is 0 Å². The fourth-order valence-corrected chi connectivity index (χ4v) is 0. The minimum absolute atomic E-state index is 0. The zero-order valence-corrected chi connectivity index (χ0v) is 8.11. The summed E-state index contributed by atoms with van der Waals surface area (Å²) >= 11 is 1.95. The minimum atomic E-state index is 0. The summed E-state index contributed by atoms with van der Waals surface area (Å²) in [4.78, 5) is 0. The summed E-state index contributed by atoms with van der Waals surface area (Å²) in [5.41, 5.74) is 0. The van der Waals surface area contributed by atoms with Gasteiger partial charge in [0.2, 0.25) is 0 Å². The van der Waals surface area contributed by atoms with E-state index in [1.165, 1.54) is 0 Å². The van der Waals surface area contributed by atoms with Crippen molar-refractivity contribution in [2.75, 3.05) is 0 Å². The van der Waals surface area contributed by atoms with Gasteiger partial charge < -0.3 is 0 Å². The van der Waals surface area contributed by atoms with Crippen LogP contribution in [0.25, 0.3) is 0 Å². The molecular formula is H2BCrFeMnMo. The molecule has 0 N–H and O–H groups in total. The van der Waals surface area contributed by atoms with Crippen molar-refractivity contribution >= 4 is 6.11 Å². The molecule has 0 spiro atoms. The van der Waals surface area contributed by atoms with Gasteiger partial charge in [0, 0.05) is 51.5 Å². The van der Waals surface area contributed by atoms with Gasteiger partial charge in [-0.15, -0.1) is 0 Å². The molecule has 0 saturated carbocycles. The smallest absolute Gasteiger partial charge is 0 e. The first-order valence-electron chi connectivity index (χ1n) is 0.408. The maximum absolute atomic E-state index is 2.01. The third kappa shape index (κ3) is 21.9. The van der Waals surface area contributed by atoms with Crippen molar-refractivity contribution in [3.05, 3.63) is 0 Å². The standard InChI is InChI=1S/BH2.Cr.Fe.Mn.Mo/h1H2;;;;/q+1;;;;-1. The molecule has 5 heavy (non-hydrogen) atoms. The van der Waals surface area contributed by atoms with E-state index < -0.39 is 0 Å². The zero-order valence-electron chi connectivity index (χ0n) is 2.55. The zero-order chi connectivity index (χ0) is 2.00. The molecule has 0 heterocycles. The van der Waals surface area contributed by atoms with Crippen LogP contribution in [0.5, 0.6) is 0 Å². The second kappa shape index (κ2) is 33.2. The predicted molar refractivity (Wildman–Crippen MR) is 8.54 cm³/mol. The van der Waals surface area contributed by atoms with E-state index in [2.05, 4.69) is 0 Å². The third-order valence-corrected chi connectivity index (χ3v) is 0. The summed E-state index contributed by atoms with van der Waals surface area (Å²) < 4.78 is 0. The molecular weight excluding hydrogens is 270 g/mol. The number of hydrogen-bond donors (Lipinski definition) is 0. The van der Waals surface area contributed by atoms with Gasteiger partial charge in [-0.1, -0.05) is 0 Å². The molecule has 0 fully saturated rings. The normalized spacial score (nSPS) is 0.800. The molecule has 0 aromatic heterocycles. The molecule has 0 aromatic carbocycles. The molecule has 0 bridgehead atoms. The van der Waals surface area contributed by atoms with Crippen LogP contribution < -0.4 is 0 Å². The molecule has 0 aromatic rings. The molecule has 0 amide bonds. The molecule has 0 saturated heterocycles. The van der Waals surface area contributed by atoms with Gasteiger partial charge in [-0.2, -0.15) is 0 Å². The molecule has 32 valence electrons. The fourth-order valence-electron chi connectivity index (χ4n) is 0. The second-order valence-corrected chi connectivity index (χ2v) is 0. The van der Waals surface area contributed by atoms with Crippen LogP contribution in [-0.2, 0) is 71.1 Å². The topological polar surface area (TPSA) is 0 Å². The van der Waals surface area contributed by atoms with E-state index in [1.807, 2.05) is 25.7 Å². The Morgan fingerprint density at radius 1 is 1.20 bits per heavy atom. The van der Waals surface area contributed by atoms with Crippen LogP contribution in [0.15, 0.2) is 0 Å². The Balaban J connectivity index is -0.00000000167. The molecule has 0 aliphatic rings. The first-order valence-corrected chi connectivity index (χ1v) is 2.42. The first-order chi connectivity index (χ1) is 1.00. The Hall–Kier alpha value is 2.32. The van der Waals surface area contributed by atoms with Crippen LogP contribution in [0, 0.1) is 0 Å². The fraction of sp³-hybridized carbons (Fsp3) is 0. The van der Waals surface area contributed by atoms with Crippen LogP contribution in [0.1, 0.15) is 0 Å². The van der Waals surface area contributed by atoms with Gasteiger partial charge in [0.1, 0.15) is 0 Å². The van der Waals surface area contributed by atoms with Gasteiger partial charge in [-0.25, -0.2) is 0 Å². The van der Waals surface area contributed by atoms with Crippen LogP contribution in [-0.4, -0.2) is 6.11 Å². The second-order valence-electron chi connectivity index (χ2n) is 0. The van der Waals surface area contributed by atoms with Crippen LogP contribution in [0.2, 0.25) is 0 Å². The SMILES string of the molecule is [BH2][Mo].[Cr].[Fe].[Mn]. The van der Waals surface area contributed by atoms with Gasteiger partial charge in [-0.05, 0) is 0 Å². The van der Waals surface area contributed by atoms with Crippen molar-refractivity contribution < 1.29 is 71.1 Å².